The maximum atomic E-state index is 6.81. The first kappa shape index (κ1) is 35.2. The molecule has 0 amide bonds. The minimum atomic E-state index is -0.450. The van der Waals surface area contributed by atoms with Crippen LogP contribution in [0.3, 0.4) is 0 Å². The van der Waals surface area contributed by atoms with Crippen molar-refractivity contribution in [2.24, 2.45) is 0 Å². The summed E-state index contributed by atoms with van der Waals surface area (Å²) in [7, 11) is 0. The van der Waals surface area contributed by atoms with Crippen molar-refractivity contribution in [3.8, 4) is 39.1 Å². The predicted molar refractivity (Wildman–Crippen MR) is 264 cm³/mol. The van der Waals surface area contributed by atoms with Crippen molar-refractivity contribution in [2.45, 2.75) is 5.41 Å². The Hall–Kier alpha value is -8.40. The summed E-state index contributed by atoms with van der Waals surface area (Å²) in [5.74, 6) is 0. The Bertz CT molecular complexity index is 3750. The van der Waals surface area contributed by atoms with Gasteiger partial charge in [-0.2, -0.15) is 0 Å². The molecule has 0 saturated heterocycles. The molecule has 10 aromatic carbocycles. The van der Waals surface area contributed by atoms with Crippen LogP contribution in [0, 0.1) is 0 Å². The van der Waals surface area contributed by atoms with E-state index >= 15 is 0 Å². The van der Waals surface area contributed by atoms with E-state index in [9.17, 15) is 0 Å². The summed E-state index contributed by atoms with van der Waals surface area (Å²) >= 11 is 0. The van der Waals surface area contributed by atoms with E-state index < -0.39 is 5.41 Å². The highest BCUT2D eigenvalue weighted by atomic mass is 16.3. The zero-order valence-electron chi connectivity index (χ0n) is 34.7. The van der Waals surface area contributed by atoms with Gasteiger partial charge in [0.2, 0.25) is 0 Å². The van der Waals surface area contributed by atoms with Gasteiger partial charge in [-0.1, -0.05) is 164 Å². The number of benzene rings is 10. The number of hydrogen-bond donors (Lipinski definition) is 0. The van der Waals surface area contributed by atoms with Crippen LogP contribution in [-0.2, 0) is 5.41 Å². The number of fused-ring (bicyclic) bond motifs is 16. The lowest BCUT2D eigenvalue weighted by Crippen LogP contribution is -2.26. The SMILES string of the molecule is c1ccc(-c2ccc(N(c3ccc4c(c3)oc3ccc(-n5c6ccccc6c6ccccc65)cc34)c3cccc4c3-c3ccccc3C43c4ccccc4-c4ccccc43)cc2)cc1. The van der Waals surface area contributed by atoms with Gasteiger partial charge in [0, 0.05) is 50.2 Å². The Balaban J connectivity index is 0.986. The van der Waals surface area contributed by atoms with Crippen LogP contribution in [0.5, 0.6) is 0 Å². The van der Waals surface area contributed by atoms with Gasteiger partial charge in [-0.25, -0.2) is 0 Å². The molecule has 12 aromatic rings. The molecule has 2 aliphatic rings. The Kier molecular flexibility index (Phi) is 7.32. The quantitative estimate of drug-likeness (QED) is 0.173. The third-order valence-corrected chi connectivity index (χ3v) is 14.0. The molecule has 3 heteroatoms. The van der Waals surface area contributed by atoms with Gasteiger partial charge in [0.1, 0.15) is 11.2 Å². The van der Waals surface area contributed by atoms with E-state index in [0.717, 1.165) is 44.7 Å². The first-order chi connectivity index (χ1) is 31.8. The summed E-state index contributed by atoms with van der Waals surface area (Å²) in [4.78, 5) is 2.44. The first-order valence-corrected chi connectivity index (χ1v) is 22.1. The van der Waals surface area contributed by atoms with Gasteiger partial charge in [0.15, 0.2) is 0 Å². The van der Waals surface area contributed by atoms with Crippen molar-refractivity contribution in [3.05, 3.63) is 253 Å². The molecule has 64 heavy (non-hydrogen) atoms. The predicted octanol–water partition coefficient (Wildman–Crippen LogP) is 16.2. The van der Waals surface area contributed by atoms with E-state index in [-0.39, 0.29) is 0 Å². The molecule has 3 nitrogen and oxygen atoms in total. The highest BCUT2D eigenvalue weighted by Crippen LogP contribution is 2.64. The molecule has 298 valence electrons. The van der Waals surface area contributed by atoms with Crippen LogP contribution < -0.4 is 4.90 Å². The van der Waals surface area contributed by atoms with Crippen molar-refractivity contribution in [3.63, 3.8) is 0 Å². The van der Waals surface area contributed by atoms with Crippen molar-refractivity contribution in [2.75, 3.05) is 4.90 Å². The van der Waals surface area contributed by atoms with Gasteiger partial charge in [-0.15, -0.1) is 0 Å². The molecule has 0 aliphatic heterocycles. The van der Waals surface area contributed by atoms with E-state index in [0.29, 0.717) is 0 Å². The summed E-state index contributed by atoms with van der Waals surface area (Å²) < 4.78 is 9.18. The molecule has 1 spiro atoms. The fourth-order valence-electron chi connectivity index (χ4n) is 11.4. The highest BCUT2D eigenvalue weighted by molar-refractivity contribution is 6.11. The van der Waals surface area contributed by atoms with Gasteiger partial charge < -0.3 is 13.9 Å². The Morgan fingerprint density at radius 1 is 0.359 bits per heavy atom. The second-order valence-electron chi connectivity index (χ2n) is 17.2. The van der Waals surface area contributed by atoms with Crippen molar-refractivity contribution >= 4 is 60.8 Å². The Morgan fingerprint density at radius 2 is 0.922 bits per heavy atom. The van der Waals surface area contributed by atoms with Gasteiger partial charge in [-0.3, -0.25) is 0 Å². The van der Waals surface area contributed by atoms with Crippen LogP contribution in [0.4, 0.5) is 17.1 Å². The largest absolute Gasteiger partial charge is 0.456 e. The molecule has 0 fully saturated rings. The van der Waals surface area contributed by atoms with Crippen LogP contribution in [0.25, 0.3) is 82.8 Å². The maximum Gasteiger partial charge on any atom is 0.137 e. The minimum Gasteiger partial charge on any atom is -0.456 e. The lowest BCUT2D eigenvalue weighted by Gasteiger charge is -2.31. The number of aromatic nitrogens is 1. The van der Waals surface area contributed by atoms with E-state index in [4.69, 9.17) is 4.42 Å². The summed E-state index contributed by atoms with van der Waals surface area (Å²) in [6, 6.07) is 84.4. The number of para-hydroxylation sites is 2. The second-order valence-corrected chi connectivity index (χ2v) is 17.2. The molecule has 0 unspecified atom stereocenters. The van der Waals surface area contributed by atoms with E-state index in [2.05, 4.69) is 240 Å². The average molecular weight is 815 g/mol. The third kappa shape index (κ3) is 4.76. The van der Waals surface area contributed by atoms with Crippen molar-refractivity contribution in [1.29, 1.82) is 0 Å². The smallest absolute Gasteiger partial charge is 0.137 e. The number of hydrogen-bond acceptors (Lipinski definition) is 2. The zero-order chi connectivity index (χ0) is 41.9. The van der Waals surface area contributed by atoms with Gasteiger partial charge >= 0.3 is 0 Å². The van der Waals surface area contributed by atoms with Gasteiger partial charge in [0.25, 0.3) is 0 Å². The van der Waals surface area contributed by atoms with Crippen LogP contribution in [-0.4, -0.2) is 4.57 Å². The molecule has 0 bridgehead atoms. The molecule has 0 N–H and O–H groups in total. The molecule has 0 saturated carbocycles. The third-order valence-electron chi connectivity index (χ3n) is 14.0. The number of rotatable bonds is 5. The standard InChI is InChI=1S/C61H38N2O/c1-2-15-39(16-3-1)40-29-31-41(32-30-40)62(57-28-14-25-54-60(57)49-21-6-11-24-53(49)61(54)51-22-9-4-17-44(51)45-18-5-10-23-52(45)61)43-33-35-48-50-37-42(34-36-58(50)64-59(48)38-43)63-55-26-12-7-19-46(55)47-20-8-13-27-56(47)63/h1-38H. The van der Waals surface area contributed by atoms with Crippen LogP contribution in [0.1, 0.15) is 22.3 Å². The zero-order valence-corrected chi connectivity index (χ0v) is 34.7. The second kappa shape index (κ2) is 13.3. The van der Waals surface area contributed by atoms with E-state index in [1.54, 1.807) is 0 Å². The van der Waals surface area contributed by atoms with Crippen molar-refractivity contribution in [1.82, 2.24) is 4.57 Å². The fraction of sp³-hybridized carbons (Fsp3) is 0.0164. The van der Waals surface area contributed by atoms with Crippen LogP contribution >= 0.6 is 0 Å². The number of furan rings is 1. The highest BCUT2D eigenvalue weighted by Gasteiger charge is 2.52. The number of anilines is 3. The molecule has 0 atom stereocenters. The van der Waals surface area contributed by atoms with Crippen LogP contribution in [0.2, 0.25) is 0 Å². The summed E-state index contributed by atoms with van der Waals surface area (Å²) in [5.41, 5.74) is 20.8. The molecular weight excluding hydrogens is 777 g/mol. The van der Waals surface area contributed by atoms with E-state index in [1.165, 1.54) is 77.4 Å². The summed E-state index contributed by atoms with van der Waals surface area (Å²) in [6.07, 6.45) is 0. The normalized spacial score (nSPS) is 13.1. The first-order valence-electron chi connectivity index (χ1n) is 22.1. The lowest BCUT2D eigenvalue weighted by molar-refractivity contribution is 0.669. The van der Waals surface area contributed by atoms with E-state index in [1.807, 2.05) is 0 Å². The topological polar surface area (TPSA) is 21.3 Å². The molecule has 0 radical (unpaired) electrons. The molecule has 2 aromatic heterocycles. The molecule has 14 rings (SSSR count). The molecule has 2 aliphatic carbocycles. The summed E-state index contributed by atoms with van der Waals surface area (Å²) in [5, 5.41) is 4.68. The Morgan fingerprint density at radius 3 is 1.62 bits per heavy atom. The monoisotopic (exact) mass is 814 g/mol. The van der Waals surface area contributed by atoms with Gasteiger partial charge in [-0.05, 0) is 111 Å². The van der Waals surface area contributed by atoms with Gasteiger partial charge in [0.05, 0.1) is 22.1 Å². The summed E-state index contributed by atoms with van der Waals surface area (Å²) in [6.45, 7) is 0. The maximum absolute atomic E-state index is 6.81. The van der Waals surface area contributed by atoms with Crippen LogP contribution in [0.15, 0.2) is 235 Å². The molecule has 2 heterocycles. The molecular formula is C61H38N2O. The van der Waals surface area contributed by atoms with Crippen molar-refractivity contribution < 1.29 is 4.42 Å². The fourth-order valence-corrected chi connectivity index (χ4v) is 11.4. The lowest BCUT2D eigenvalue weighted by atomic mass is 9.70. The minimum absolute atomic E-state index is 0.450. The number of nitrogens with zero attached hydrogens (tertiary/aromatic N) is 2. The Labute approximate surface area is 370 Å². The average Bonchev–Trinajstić information content (AvgIpc) is 4.08.